The molecule has 0 saturated heterocycles. The molecule has 13 heavy (non-hydrogen) atoms. The molecule has 4 heteroatoms. The van der Waals surface area contributed by atoms with Gasteiger partial charge in [0.1, 0.15) is 5.75 Å². The molecule has 1 aromatic rings. The zero-order valence-corrected chi connectivity index (χ0v) is 11.6. The van der Waals surface area contributed by atoms with Crippen LogP contribution < -0.4 is 5.32 Å². The monoisotopic (exact) mass is 403 g/mol. The van der Waals surface area contributed by atoms with Crippen molar-refractivity contribution in [1.82, 2.24) is 5.32 Å². The van der Waals surface area contributed by atoms with Crippen LogP contribution in [0.5, 0.6) is 5.75 Å². The maximum absolute atomic E-state index is 9.70. The average Bonchev–Trinajstić information content (AvgIpc) is 2.09. The van der Waals surface area contributed by atoms with Crippen LogP contribution in [0.1, 0.15) is 12.5 Å². The minimum absolute atomic E-state index is 0.405. The van der Waals surface area contributed by atoms with E-state index in [1.54, 1.807) is 0 Å². The van der Waals surface area contributed by atoms with Crippen LogP contribution in [0.3, 0.4) is 0 Å². The number of hydrogen-bond acceptors (Lipinski definition) is 2. The van der Waals surface area contributed by atoms with Gasteiger partial charge in [0.2, 0.25) is 0 Å². The van der Waals surface area contributed by atoms with E-state index < -0.39 is 0 Å². The second kappa shape index (κ2) is 5.35. The molecule has 0 atom stereocenters. The molecule has 0 amide bonds. The van der Waals surface area contributed by atoms with Gasteiger partial charge in [0.05, 0.1) is 3.57 Å². The summed E-state index contributed by atoms with van der Waals surface area (Å²) in [7, 11) is 0. The summed E-state index contributed by atoms with van der Waals surface area (Å²) in [5, 5.41) is 12.9. The number of phenolic OH excluding ortho intramolecular Hbond substituents is 1. The average molecular weight is 403 g/mol. The molecule has 0 aliphatic carbocycles. The van der Waals surface area contributed by atoms with Gasteiger partial charge in [-0.1, -0.05) is 6.92 Å². The van der Waals surface area contributed by atoms with Crippen LogP contribution in [0, 0.1) is 7.14 Å². The Labute approximate surface area is 105 Å². The predicted octanol–water partition coefficient (Wildman–Crippen LogP) is 2.71. The molecule has 0 fully saturated rings. The Balaban J connectivity index is 2.92. The molecule has 0 unspecified atom stereocenters. The lowest BCUT2D eigenvalue weighted by Crippen LogP contribution is -2.12. The van der Waals surface area contributed by atoms with Crippen LogP contribution in [0.25, 0.3) is 0 Å². The number of halogens is 2. The third-order valence-electron chi connectivity index (χ3n) is 1.67. The van der Waals surface area contributed by atoms with Crippen molar-refractivity contribution in [3.63, 3.8) is 0 Å². The van der Waals surface area contributed by atoms with E-state index in [-0.39, 0.29) is 0 Å². The van der Waals surface area contributed by atoms with E-state index in [0.717, 1.165) is 25.8 Å². The highest BCUT2D eigenvalue weighted by molar-refractivity contribution is 14.1. The van der Waals surface area contributed by atoms with Gasteiger partial charge in [-0.2, -0.15) is 0 Å². The molecule has 1 rings (SSSR count). The van der Waals surface area contributed by atoms with Crippen molar-refractivity contribution in [2.75, 3.05) is 6.54 Å². The van der Waals surface area contributed by atoms with Crippen molar-refractivity contribution >= 4 is 45.2 Å². The fraction of sp³-hybridized carbons (Fsp3) is 0.333. The van der Waals surface area contributed by atoms with Gasteiger partial charge in [0.25, 0.3) is 0 Å². The second-order valence-corrected chi connectivity index (χ2v) is 5.08. The zero-order chi connectivity index (χ0) is 9.84. The van der Waals surface area contributed by atoms with Crippen molar-refractivity contribution < 1.29 is 5.11 Å². The Morgan fingerprint density at radius 2 is 2.08 bits per heavy atom. The number of hydrogen-bond donors (Lipinski definition) is 2. The molecular formula is C9H11I2NO. The first-order chi connectivity index (χ1) is 6.15. The SMILES string of the molecule is CCNCc1cc(I)cc(I)c1O. The molecule has 0 aliphatic heterocycles. The molecule has 0 aliphatic rings. The standard InChI is InChI=1S/C9H11I2NO/c1-2-12-5-6-3-7(10)4-8(11)9(6)13/h3-4,12-13H,2,5H2,1H3. The second-order valence-electron chi connectivity index (χ2n) is 2.68. The molecule has 0 saturated carbocycles. The number of aromatic hydroxyl groups is 1. The summed E-state index contributed by atoms with van der Waals surface area (Å²) in [6.45, 7) is 3.70. The van der Waals surface area contributed by atoms with Crippen LogP contribution in [-0.4, -0.2) is 11.7 Å². The maximum Gasteiger partial charge on any atom is 0.133 e. The lowest BCUT2D eigenvalue weighted by molar-refractivity contribution is 0.461. The summed E-state index contributed by atoms with van der Waals surface area (Å²) in [4.78, 5) is 0. The Morgan fingerprint density at radius 3 is 2.69 bits per heavy atom. The normalized spacial score (nSPS) is 10.4. The van der Waals surface area contributed by atoms with Gasteiger partial charge in [-0.05, 0) is 63.9 Å². The van der Waals surface area contributed by atoms with Gasteiger partial charge in [-0.3, -0.25) is 0 Å². The molecular weight excluding hydrogens is 392 g/mol. The van der Waals surface area contributed by atoms with E-state index in [9.17, 15) is 5.11 Å². The van der Waals surface area contributed by atoms with Crippen molar-refractivity contribution in [1.29, 1.82) is 0 Å². The maximum atomic E-state index is 9.70. The fourth-order valence-corrected chi connectivity index (χ4v) is 2.98. The zero-order valence-electron chi connectivity index (χ0n) is 7.27. The number of nitrogens with one attached hydrogen (secondary N) is 1. The van der Waals surface area contributed by atoms with Crippen LogP contribution in [0.2, 0.25) is 0 Å². The minimum atomic E-state index is 0.405. The van der Waals surface area contributed by atoms with Gasteiger partial charge >= 0.3 is 0 Å². The topological polar surface area (TPSA) is 32.3 Å². The largest absolute Gasteiger partial charge is 0.507 e. The Morgan fingerprint density at radius 1 is 1.38 bits per heavy atom. The van der Waals surface area contributed by atoms with E-state index >= 15 is 0 Å². The molecule has 2 N–H and O–H groups in total. The molecule has 0 spiro atoms. The summed E-state index contributed by atoms with van der Waals surface area (Å²) in [6.07, 6.45) is 0. The van der Waals surface area contributed by atoms with Crippen LogP contribution >= 0.6 is 45.2 Å². The Bertz CT molecular complexity index is 302. The van der Waals surface area contributed by atoms with Crippen molar-refractivity contribution in [2.45, 2.75) is 13.5 Å². The first kappa shape index (κ1) is 11.5. The summed E-state index contributed by atoms with van der Waals surface area (Å²) in [5.41, 5.74) is 0.971. The van der Waals surface area contributed by atoms with Crippen molar-refractivity contribution in [3.05, 3.63) is 24.8 Å². The highest BCUT2D eigenvalue weighted by Crippen LogP contribution is 2.26. The third kappa shape index (κ3) is 3.25. The summed E-state index contributed by atoms with van der Waals surface area (Å²) < 4.78 is 2.07. The number of benzene rings is 1. The lowest BCUT2D eigenvalue weighted by Gasteiger charge is -2.07. The highest BCUT2D eigenvalue weighted by atomic mass is 127. The Hall–Kier alpha value is 0.440. The smallest absolute Gasteiger partial charge is 0.133 e. The van der Waals surface area contributed by atoms with Gasteiger partial charge in [-0.25, -0.2) is 0 Å². The number of phenols is 1. The van der Waals surface area contributed by atoms with E-state index in [0.29, 0.717) is 5.75 Å². The minimum Gasteiger partial charge on any atom is -0.507 e. The first-order valence-electron chi connectivity index (χ1n) is 4.02. The van der Waals surface area contributed by atoms with E-state index in [2.05, 4.69) is 57.4 Å². The quantitative estimate of drug-likeness (QED) is 0.762. The van der Waals surface area contributed by atoms with Gasteiger partial charge < -0.3 is 10.4 Å². The third-order valence-corrected chi connectivity index (χ3v) is 3.12. The van der Waals surface area contributed by atoms with E-state index in [4.69, 9.17) is 0 Å². The molecule has 0 aromatic heterocycles. The predicted molar refractivity (Wildman–Crippen MR) is 70.9 cm³/mol. The van der Waals surface area contributed by atoms with Crippen LogP contribution in [-0.2, 0) is 6.54 Å². The molecule has 2 nitrogen and oxygen atoms in total. The molecule has 0 heterocycles. The molecule has 0 radical (unpaired) electrons. The Kier molecular flexibility index (Phi) is 4.74. The van der Waals surface area contributed by atoms with Crippen molar-refractivity contribution in [3.8, 4) is 5.75 Å². The lowest BCUT2D eigenvalue weighted by atomic mass is 10.2. The first-order valence-corrected chi connectivity index (χ1v) is 6.18. The van der Waals surface area contributed by atoms with Gasteiger partial charge in [0.15, 0.2) is 0 Å². The number of rotatable bonds is 3. The summed E-state index contributed by atoms with van der Waals surface area (Å²) >= 11 is 4.40. The van der Waals surface area contributed by atoms with E-state index in [1.807, 2.05) is 12.1 Å². The molecule has 72 valence electrons. The van der Waals surface area contributed by atoms with Crippen molar-refractivity contribution in [2.24, 2.45) is 0 Å². The summed E-state index contributed by atoms with van der Waals surface area (Å²) in [5.74, 6) is 0.405. The van der Waals surface area contributed by atoms with Crippen LogP contribution in [0.15, 0.2) is 12.1 Å². The van der Waals surface area contributed by atoms with Gasteiger partial charge in [-0.15, -0.1) is 0 Å². The molecule has 1 aromatic carbocycles. The fourth-order valence-electron chi connectivity index (χ4n) is 1.01. The van der Waals surface area contributed by atoms with Crippen LogP contribution in [0.4, 0.5) is 0 Å². The highest BCUT2D eigenvalue weighted by Gasteiger charge is 2.05. The van der Waals surface area contributed by atoms with Gasteiger partial charge in [0, 0.05) is 15.7 Å². The summed E-state index contributed by atoms with van der Waals surface area (Å²) in [6, 6.07) is 3.96. The molecule has 0 bridgehead atoms. The van der Waals surface area contributed by atoms with E-state index in [1.165, 1.54) is 0 Å².